The van der Waals surface area contributed by atoms with Gasteiger partial charge in [-0.25, -0.2) is 0 Å². The molecule has 0 saturated heterocycles. The van der Waals surface area contributed by atoms with Crippen LogP contribution in [0.3, 0.4) is 0 Å². The predicted octanol–water partition coefficient (Wildman–Crippen LogP) is 9.04. The molecule has 3 nitrogen and oxygen atoms in total. The van der Waals surface area contributed by atoms with Crippen LogP contribution in [0.25, 0.3) is 73.1 Å². The van der Waals surface area contributed by atoms with Gasteiger partial charge in [0, 0.05) is 38.4 Å². The number of fused-ring (bicyclic) bond motifs is 6. The Balaban J connectivity index is 1.45. The summed E-state index contributed by atoms with van der Waals surface area (Å²) in [5.74, 6) is 2.55. The van der Waals surface area contributed by atoms with Crippen molar-refractivity contribution in [3.8, 4) is 29.2 Å². The fraction of sp³-hybridized carbons (Fsp3) is 0.0513. The molecule has 3 aromatic heterocycles. The fourth-order valence-electron chi connectivity index (χ4n) is 6.67. The quantitative estimate of drug-likeness (QED) is 0.206. The van der Waals surface area contributed by atoms with E-state index in [0.29, 0.717) is 5.56 Å². The van der Waals surface area contributed by atoms with Gasteiger partial charge in [0.25, 0.3) is 5.56 Å². The van der Waals surface area contributed by atoms with Crippen LogP contribution in [0.2, 0.25) is 0 Å². The molecule has 1 aliphatic rings. The van der Waals surface area contributed by atoms with Gasteiger partial charge in [0.1, 0.15) is 0 Å². The summed E-state index contributed by atoms with van der Waals surface area (Å²) in [4.78, 5) is 13.8. The summed E-state index contributed by atoms with van der Waals surface area (Å²) in [7, 11) is 0. The highest BCUT2D eigenvalue weighted by molar-refractivity contribution is 6.12. The Kier molecular flexibility index (Phi) is 5.32. The summed E-state index contributed by atoms with van der Waals surface area (Å²) >= 11 is 0. The first-order valence-corrected chi connectivity index (χ1v) is 14.2. The molecule has 4 aromatic carbocycles. The predicted molar refractivity (Wildman–Crippen MR) is 177 cm³/mol. The third-order valence-corrected chi connectivity index (χ3v) is 8.58. The second-order valence-corrected chi connectivity index (χ2v) is 10.9. The van der Waals surface area contributed by atoms with Gasteiger partial charge in [0.2, 0.25) is 0 Å². The molecule has 0 unspecified atom stereocenters. The maximum atomic E-state index is 13.8. The van der Waals surface area contributed by atoms with Crippen molar-refractivity contribution in [1.29, 1.82) is 0 Å². The summed E-state index contributed by atoms with van der Waals surface area (Å²) in [5.41, 5.74) is 10.2. The van der Waals surface area contributed by atoms with Crippen LogP contribution < -0.4 is 5.56 Å². The van der Waals surface area contributed by atoms with Crippen molar-refractivity contribution in [2.45, 2.75) is 13.3 Å². The summed E-state index contributed by atoms with van der Waals surface area (Å²) in [6.45, 7) is 2.02. The molecule has 0 bridgehead atoms. The highest BCUT2D eigenvalue weighted by Crippen LogP contribution is 2.40. The van der Waals surface area contributed by atoms with Gasteiger partial charge in [-0.3, -0.25) is 9.20 Å². The first kappa shape index (κ1) is 24.2. The Bertz CT molecular complexity index is 2410. The lowest BCUT2D eigenvalue weighted by Gasteiger charge is -2.12. The zero-order valence-corrected chi connectivity index (χ0v) is 23.1. The highest BCUT2D eigenvalue weighted by atomic mass is 16.1. The number of nitrogens with zero attached hydrogens (tertiary/aromatic N) is 2. The molecule has 8 rings (SSSR count). The lowest BCUT2D eigenvalue weighted by Crippen LogP contribution is -2.18. The van der Waals surface area contributed by atoms with Crippen LogP contribution in [0.15, 0.2) is 108 Å². The van der Waals surface area contributed by atoms with Gasteiger partial charge in [0.05, 0.1) is 22.2 Å². The van der Waals surface area contributed by atoms with Gasteiger partial charge in [-0.15, -0.1) is 6.42 Å². The number of hydrogen-bond acceptors (Lipinski definition) is 1. The van der Waals surface area contributed by atoms with E-state index >= 15 is 0 Å². The third-order valence-electron chi connectivity index (χ3n) is 8.58. The Morgan fingerprint density at radius 2 is 1.52 bits per heavy atom. The molecular weight excluding hydrogens is 512 g/mol. The molecule has 3 heterocycles. The Morgan fingerprint density at radius 1 is 0.786 bits per heavy atom. The van der Waals surface area contributed by atoms with Gasteiger partial charge in [-0.05, 0) is 90.7 Å². The molecule has 0 N–H and O–H groups in total. The minimum absolute atomic E-state index is 0.0411. The van der Waals surface area contributed by atoms with Gasteiger partial charge in [0.15, 0.2) is 0 Å². The van der Waals surface area contributed by atoms with Gasteiger partial charge in [-0.1, -0.05) is 66.6 Å². The third kappa shape index (κ3) is 3.39. The van der Waals surface area contributed by atoms with Crippen LogP contribution in [0.5, 0.6) is 0 Å². The average Bonchev–Trinajstić information content (AvgIpc) is 3.40. The molecule has 0 saturated carbocycles. The van der Waals surface area contributed by atoms with Gasteiger partial charge in [-0.2, -0.15) is 0 Å². The SMILES string of the molecule is C#C/C=C\c1c(C)c2cc(-c3ccc4c(c3)c3ccccc3n4-c3ccccc3)cc3c4c(n(c1=O)c23)C=CCC=C4. The first-order valence-electron chi connectivity index (χ1n) is 14.2. The molecule has 0 spiro atoms. The van der Waals surface area contributed by atoms with Crippen LogP contribution in [0.4, 0.5) is 0 Å². The topological polar surface area (TPSA) is 26.4 Å². The summed E-state index contributed by atoms with van der Waals surface area (Å²) in [5, 5.41) is 4.57. The molecule has 3 heteroatoms. The number of terminal acetylenes is 1. The van der Waals surface area contributed by atoms with Crippen molar-refractivity contribution in [2.24, 2.45) is 0 Å². The van der Waals surface area contributed by atoms with E-state index in [-0.39, 0.29) is 5.56 Å². The van der Waals surface area contributed by atoms with Gasteiger partial charge >= 0.3 is 0 Å². The standard InChI is InChI=1S/C39H26N2O/c1-3-4-15-29-25(2)32-23-27(24-34-31-16-9-6-10-18-36(31)41(38(32)34)39(29)42)26-20-21-37-33(22-26)30-17-11-12-19-35(30)40(37)28-13-7-5-8-14-28/h1,4-5,7-24H,6H2,2H3/b15-4-. The molecule has 1 aliphatic carbocycles. The molecule has 7 aromatic rings. The first-order chi connectivity index (χ1) is 20.7. The molecule has 198 valence electrons. The van der Waals surface area contributed by atoms with Crippen molar-refractivity contribution in [3.63, 3.8) is 0 Å². The maximum absolute atomic E-state index is 13.8. The minimum atomic E-state index is -0.0411. The Labute approximate surface area is 243 Å². The number of rotatable bonds is 3. The van der Waals surface area contributed by atoms with E-state index in [1.54, 1.807) is 12.2 Å². The number of aryl methyl sites for hydroxylation is 1. The summed E-state index contributed by atoms with van der Waals surface area (Å²) in [6, 6.07) is 30.3. The van der Waals surface area contributed by atoms with E-state index < -0.39 is 0 Å². The minimum Gasteiger partial charge on any atom is -0.309 e. The van der Waals surface area contributed by atoms with Crippen LogP contribution in [-0.2, 0) is 0 Å². The van der Waals surface area contributed by atoms with E-state index in [4.69, 9.17) is 6.42 Å². The van der Waals surface area contributed by atoms with Crippen molar-refractivity contribution in [3.05, 3.63) is 136 Å². The monoisotopic (exact) mass is 538 g/mol. The Hall–Kier alpha value is -5.59. The van der Waals surface area contributed by atoms with Crippen molar-refractivity contribution in [1.82, 2.24) is 8.97 Å². The molecule has 0 atom stereocenters. The van der Waals surface area contributed by atoms with Crippen molar-refractivity contribution in [2.75, 3.05) is 0 Å². The zero-order chi connectivity index (χ0) is 28.4. The summed E-state index contributed by atoms with van der Waals surface area (Å²) in [6.07, 6.45) is 18.2. The number of pyridine rings is 1. The van der Waals surface area contributed by atoms with E-state index in [1.165, 1.54) is 21.8 Å². The van der Waals surface area contributed by atoms with E-state index in [0.717, 1.165) is 56.3 Å². The zero-order valence-electron chi connectivity index (χ0n) is 23.1. The highest BCUT2D eigenvalue weighted by Gasteiger charge is 2.22. The van der Waals surface area contributed by atoms with E-state index in [2.05, 4.69) is 120 Å². The number of aromatic nitrogens is 2. The number of hydrogen-bond donors (Lipinski definition) is 0. The molecular formula is C39H26N2O. The second-order valence-electron chi connectivity index (χ2n) is 10.9. The van der Waals surface area contributed by atoms with Crippen LogP contribution >= 0.6 is 0 Å². The molecule has 0 fully saturated rings. The van der Waals surface area contributed by atoms with Gasteiger partial charge < -0.3 is 4.57 Å². The average molecular weight is 539 g/mol. The second kappa shape index (κ2) is 9.23. The van der Waals surface area contributed by atoms with Crippen LogP contribution in [-0.4, -0.2) is 8.97 Å². The Morgan fingerprint density at radius 3 is 2.38 bits per heavy atom. The summed E-state index contributed by atoms with van der Waals surface area (Å²) < 4.78 is 4.21. The molecule has 0 radical (unpaired) electrons. The van der Waals surface area contributed by atoms with Crippen molar-refractivity contribution < 1.29 is 0 Å². The lowest BCUT2D eigenvalue weighted by atomic mass is 9.95. The number of allylic oxidation sites excluding steroid dienone is 3. The van der Waals surface area contributed by atoms with E-state index in [1.807, 2.05) is 11.3 Å². The van der Waals surface area contributed by atoms with Crippen LogP contribution in [0, 0.1) is 19.3 Å². The van der Waals surface area contributed by atoms with Crippen LogP contribution in [0.1, 0.15) is 28.8 Å². The molecule has 42 heavy (non-hydrogen) atoms. The van der Waals surface area contributed by atoms with Crippen molar-refractivity contribution >= 4 is 56.3 Å². The largest absolute Gasteiger partial charge is 0.309 e. The number of para-hydroxylation sites is 2. The smallest absolute Gasteiger partial charge is 0.263 e. The maximum Gasteiger partial charge on any atom is 0.263 e. The molecule has 0 aliphatic heterocycles. The van der Waals surface area contributed by atoms with E-state index in [9.17, 15) is 4.79 Å². The normalized spacial score (nSPS) is 13.0. The molecule has 0 amide bonds. The lowest BCUT2D eigenvalue weighted by molar-refractivity contribution is 1.09. The fourth-order valence-corrected chi connectivity index (χ4v) is 6.67. The number of benzene rings is 4.